The Morgan fingerprint density at radius 2 is 1.76 bits per heavy atom. The first-order valence-electron chi connectivity index (χ1n) is 11.2. The molecule has 0 aromatic carbocycles. The molecule has 8 heteroatoms. The van der Waals surface area contributed by atoms with Crippen molar-refractivity contribution in [3.63, 3.8) is 0 Å². The summed E-state index contributed by atoms with van der Waals surface area (Å²) in [6, 6.07) is 0.420. The van der Waals surface area contributed by atoms with Crippen molar-refractivity contribution in [3.05, 3.63) is 0 Å². The van der Waals surface area contributed by atoms with Gasteiger partial charge in [-0.2, -0.15) is 0 Å². The zero-order valence-electron chi connectivity index (χ0n) is 18.4. The van der Waals surface area contributed by atoms with E-state index < -0.39 is 0 Å². The Kier molecular flexibility index (Phi) is 7.38. The van der Waals surface area contributed by atoms with Crippen LogP contribution >= 0.6 is 0 Å². The summed E-state index contributed by atoms with van der Waals surface area (Å²) < 4.78 is 0. The molecule has 8 nitrogen and oxygen atoms in total. The fourth-order valence-electron chi connectivity index (χ4n) is 4.44. The van der Waals surface area contributed by atoms with Crippen molar-refractivity contribution in [2.45, 2.75) is 51.5 Å². The van der Waals surface area contributed by atoms with E-state index in [-0.39, 0.29) is 17.2 Å². The van der Waals surface area contributed by atoms with Crippen molar-refractivity contribution in [2.75, 3.05) is 59.9 Å². The van der Waals surface area contributed by atoms with E-state index in [1.54, 1.807) is 4.90 Å². The van der Waals surface area contributed by atoms with Crippen LogP contribution in [-0.2, 0) is 9.59 Å². The summed E-state index contributed by atoms with van der Waals surface area (Å²) in [6.45, 7) is 7.31. The minimum Gasteiger partial charge on any atom is -0.357 e. The summed E-state index contributed by atoms with van der Waals surface area (Å²) >= 11 is 0. The molecule has 1 aliphatic heterocycles. The van der Waals surface area contributed by atoms with Crippen LogP contribution in [0.25, 0.3) is 0 Å². The molecule has 3 fully saturated rings. The number of carbonyl (C=O) groups is 2. The summed E-state index contributed by atoms with van der Waals surface area (Å²) in [5, 5.41) is 6.47. The molecule has 0 bridgehead atoms. The third-order valence-electron chi connectivity index (χ3n) is 6.27. The molecule has 2 aliphatic carbocycles. The molecule has 3 rings (SSSR count). The van der Waals surface area contributed by atoms with Crippen LogP contribution in [0.15, 0.2) is 4.99 Å². The third kappa shape index (κ3) is 5.84. The van der Waals surface area contributed by atoms with Gasteiger partial charge in [0.15, 0.2) is 5.96 Å². The summed E-state index contributed by atoms with van der Waals surface area (Å²) in [4.78, 5) is 36.0. The zero-order valence-corrected chi connectivity index (χ0v) is 18.4. The van der Waals surface area contributed by atoms with Gasteiger partial charge in [-0.15, -0.1) is 0 Å². The van der Waals surface area contributed by atoms with Crippen LogP contribution in [0.4, 0.5) is 0 Å². The Labute approximate surface area is 175 Å². The van der Waals surface area contributed by atoms with Crippen molar-refractivity contribution >= 4 is 17.8 Å². The van der Waals surface area contributed by atoms with E-state index in [0.717, 1.165) is 77.2 Å². The number of carbonyl (C=O) groups excluding carboxylic acids is 2. The van der Waals surface area contributed by atoms with Gasteiger partial charge in [0.1, 0.15) is 0 Å². The van der Waals surface area contributed by atoms with Gasteiger partial charge in [0.2, 0.25) is 11.8 Å². The van der Waals surface area contributed by atoms with Crippen molar-refractivity contribution in [3.8, 4) is 0 Å². The molecule has 164 valence electrons. The highest BCUT2D eigenvalue weighted by molar-refractivity contribution is 5.84. The van der Waals surface area contributed by atoms with Crippen LogP contribution in [0.2, 0.25) is 0 Å². The largest absolute Gasteiger partial charge is 0.357 e. The molecular formula is C21H38N6O2. The number of rotatable bonds is 7. The number of piperazine rings is 1. The molecule has 2 saturated carbocycles. The Morgan fingerprint density at radius 1 is 1.10 bits per heavy atom. The SMILES string of the molecule is CCNC(=NCC1(C(=O)N(C)C)CCCC1)N1CCN(CC(=O)NC2CC2)CC1. The van der Waals surface area contributed by atoms with Gasteiger partial charge in [0.05, 0.1) is 18.5 Å². The van der Waals surface area contributed by atoms with E-state index in [1.165, 1.54) is 0 Å². The second kappa shape index (κ2) is 9.78. The first-order valence-corrected chi connectivity index (χ1v) is 11.2. The van der Waals surface area contributed by atoms with Crippen molar-refractivity contribution in [1.82, 2.24) is 25.3 Å². The summed E-state index contributed by atoms with van der Waals surface area (Å²) in [5.41, 5.74) is -0.340. The average Bonchev–Trinajstić information content (AvgIpc) is 3.38. The second-order valence-electron chi connectivity index (χ2n) is 8.96. The monoisotopic (exact) mass is 406 g/mol. The first-order chi connectivity index (χ1) is 13.9. The number of amides is 2. The van der Waals surface area contributed by atoms with Crippen molar-refractivity contribution < 1.29 is 9.59 Å². The van der Waals surface area contributed by atoms with Crippen LogP contribution in [0.3, 0.4) is 0 Å². The smallest absolute Gasteiger partial charge is 0.234 e. The maximum atomic E-state index is 12.8. The lowest BCUT2D eigenvalue weighted by Gasteiger charge is -2.37. The van der Waals surface area contributed by atoms with Crippen LogP contribution in [0, 0.1) is 5.41 Å². The van der Waals surface area contributed by atoms with Gasteiger partial charge in [0.25, 0.3) is 0 Å². The number of nitrogens with zero attached hydrogens (tertiary/aromatic N) is 4. The summed E-state index contributed by atoms with van der Waals surface area (Å²) in [7, 11) is 3.69. The molecule has 0 aromatic heterocycles. The lowest BCUT2D eigenvalue weighted by molar-refractivity contribution is -0.138. The highest BCUT2D eigenvalue weighted by atomic mass is 16.2. The maximum Gasteiger partial charge on any atom is 0.234 e. The van der Waals surface area contributed by atoms with Crippen molar-refractivity contribution in [2.24, 2.45) is 10.4 Å². The summed E-state index contributed by atoms with van der Waals surface area (Å²) in [5.74, 6) is 1.25. The molecule has 29 heavy (non-hydrogen) atoms. The fourth-order valence-corrected chi connectivity index (χ4v) is 4.44. The molecule has 0 radical (unpaired) electrons. The van der Waals surface area contributed by atoms with Gasteiger partial charge in [-0.05, 0) is 32.6 Å². The Balaban J connectivity index is 1.56. The van der Waals surface area contributed by atoms with Crippen molar-refractivity contribution in [1.29, 1.82) is 0 Å². The van der Waals surface area contributed by atoms with Crippen LogP contribution in [0.5, 0.6) is 0 Å². The number of nitrogens with one attached hydrogen (secondary N) is 2. The molecule has 0 unspecified atom stereocenters. The fraction of sp³-hybridized carbons (Fsp3) is 0.857. The van der Waals surface area contributed by atoms with Gasteiger partial charge < -0.3 is 20.4 Å². The summed E-state index contributed by atoms with van der Waals surface area (Å²) in [6.07, 6.45) is 6.31. The van der Waals surface area contributed by atoms with Gasteiger partial charge in [-0.25, -0.2) is 0 Å². The lowest BCUT2D eigenvalue weighted by Crippen LogP contribution is -2.54. The number of guanidine groups is 1. The molecule has 3 aliphatic rings. The quantitative estimate of drug-likeness (QED) is 0.475. The molecule has 0 aromatic rings. The predicted molar refractivity (Wildman–Crippen MR) is 115 cm³/mol. The number of aliphatic imine (C=N–C) groups is 1. The van der Waals surface area contributed by atoms with Crippen LogP contribution < -0.4 is 10.6 Å². The van der Waals surface area contributed by atoms with Gasteiger partial charge >= 0.3 is 0 Å². The van der Waals surface area contributed by atoms with E-state index in [1.807, 2.05) is 14.1 Å². The van der Waals surface area contributed by atoms with Gasteiger partial charge in [0, 0.05) is 52.9 Å². The standard InChI is InChI=1S/C21H38N6O2/c1-4-22-20(23-16-21(9-5-6-10-21)19(29)25(2)3)27-13-11-26(12-14-27)15-18(28)24-17-7-8-17/h17H,4-16H2,1-3H3,(H,22,23)(H,24,28). The minimum atomic E-state index is -0.340. The van der Waals surface area contributed by atoms with E-state index in [0.29, 0.717) is 19.1 Å². The number of hydrogen-bond acceptors (Lipinski definition) is 4. The van der Waals surface area contributed by atoms with Crippen LogP contribution in [0.1, 0.15) is 45.4 Å². The lowest BCUT2D eigenvalue weighted by atomic mass is 9.85. The van der Waals surface area contributed by atoms with E-state index in [4.69, 9.17) is 4.99 Å². The number of hydrogen-bond donors (Lipinski definition) is 2. The molecule has 0 spiro atoms. The predicted octanol–water partition coefficient (Wildman–Crippen LogP) is 0.497. The third-order valence-corrected chi connectivity index (χ3v) is 6.27. The molecule has 2 amide bonds. The van der Waals surface area contributed by atoms with E-state index in [9.17, 15) is 9.59 Å². The molecule has 1 saturated heterocycles. The highest BCUT2D eigenvalue weighted by Gasteiger charge is 2.42. The molecular weight excluding hydrogens is 368 g/mol. The molecule has 1 heterocycles. The minimum absolute atomic E-state index is 0.145. The van der Waals surface area contributed by atoms with Gasteiger partial charge in [-0.1, -0.05) is 12.8 Å². The highest BCUT2D eigenvalue weighted by Crippen LogP contribution is 2.39. The first kappa shape index (κ1) is 21.9. The Hall–Kier alpha value is -1.83. The molecule has 2 N–H and O–H groups in total. The molecule has 0 atom stereocenters. The van der Waals surface area contributed by atoms with E-state index in [2.05, 4.69) is 27.4 Å². The maximum absolute atomic E-state index is 12.8. The van der Waals surface area contributed by atoms with E-state index >= 15 is 0 Å². The Bertz CT molecular complexity index is 602. The van der Waals surface area contributed by atoms with Gasteiger partial charge in [-0.3, -0.25) is 19.5 Å². The topological polar surface area (TPSA) is 80.3 Å². The average molecular weight is 407 g/mol. The van der Waals surface area contributed by atoms with Crippen LogP contribution in [-0.4, -0.2) is 98.4 Å². The second-order valence-corrected chi connectivity index (χ2v) is 8.96. The zero-order chi connectivity index (χ0) is 20.9. The normalized spacial score (nSPS) is 22.4. The Morgan fingerprint density at radius 3 is 2.31 bits per heavy atom.